The molecular weight excluding hydrogens is 370 g/mol. The lowest BCUT2D eigenvalue weighted by molar-refractivity contribution is 0.247. The molecule has 2 N–H and O–H groups in total. The van der Waals surface area contributed by atoms with Gasteiger partial charge in [-0.3, -0.25) is 4.90 Å². The topological polar surface area (TPSA) is 87.4 Å². The second-order valence-corrected chi connectivity index (χ2v) is 7.26. The summed E-state index contributed by atoms with van der Waals surface area (Å²) in [4.78, 5) is 6.80. The van der Waals surface area contributed by atoms with Gasteiger partial charge in [0.25, 0.3) is 0 Å². The summed E-state index contributed by atoms with van der Waals surface area (Å²) >= 11 is 0. The molecule has 0 saturated carbocycles. The molecule has 1 aliphatic heterocycles. The van der Waals surface area contributed by atoms with E-state index in [1.54, 1.807) is 20.3 Å². The summed E-state index contributed by atoms with van der Waals surface area (Å²) in [6.07, 6.45) is 6.29. The molecule has 0 saturated heterocycles. The van der Waals surface area contributed by atoms with Gasteiger partial charge in [-0.25, -0.2) is 4.98 Å². The summed E-state index contributed by atoms with van der Waals surface area (Å²) in [5.74, 6) is 1.61. The number of unbranched alkanes of at least 4 members (excludes halogenated alkanes) is 2. The van der Waals surface area contributed by atoms with Gasteiger partial charge in [0, 0.05) is 18.8 Å². The maximum atomic E-state index is 9.67. The van der Waals surface area contributed by atoms with Crippen LogP contribution >= 0.6 is 0 Å². The maximum absolute atomic E-state index is 9.67. The summed E-state index contributed by atoms with van der Waals surface area (Å²) in [7, 11) is 3.35. The van der Waals surface area contributed by atoms with E-state index < -0.39 is 0 Å². The minimum Gasteiger partial charge on any atom is -0.506 e. The fraction of sp³-hybridized carbons (Fsp3) is 0.455. The van der Waals surface area contributed by atoms with Crippen LogP contribution < -0.4 is 9.47 Å². The highest BCUT2D eigenvalue weighted by molar-refractivity contribution is 5.80. The molecular formula is C22H29N3O4. The van der Waals surface area contributed by atoms with Crippen LogP contribution in [0.15, 0.2) is 29.4 Å². The Morgan fingerprint density at radius 2 is 1.86 bits per heavy atom. The van der Waals surface area contributed by atoms with Gasteiger partial charge in [0.15, 0.2) is 11.5 Å². The van der Waals surface area contributed by atoms with E-state index in [1.807, 2.05) is 6.07 Å². The van der Waals surface area contributed by atoms with Crippen LogP contribution in [0.3, 0.4) is 0 Å². The molecule has 7 nitrogen and oxygen atoms in total. The zero-order valence-electron chi connectivity index (χ0n) is 17.1. The van der Waals surface area contributed by atoms with Crippen molar-refractivity contribution < 1.29 is 19.8 Å². The highest BCUT2D eigenvalue weighted by Crippen LogP contribution is 2.33. The number of hydrogen-bond donors (Lipinski definition) is 2. The van der Waals surface area contributed by atoms with Crippen LogP contribution in [-0.4, -0.2) is 53.7 Å². The molecule has 0 bridgehead atoms. The number of aromatic nitrogens is 1. The SMILES string of the molecule is COc1cc2c(cc1OC)CN(CCCCCc1ccc(O)c(C=NO)n1)CC2. The van der Waals surface area contributed by atoms with Gasteiger partial charge in [-0.15, -0.1) is 0 Å². The number of oxime groups is 1. The van der Waals surface area contributed by atoms with E-state index in [1.165, 1.54) is 11.1 Å². The molecule has 1 aromatic carbocycles. The first-order chi connectivity index (χ1) is 14.1. The van der Waals surface area contributed by atoms with Crippen molar-refractivity contribution >= 4 is 6.21 Å². The fourth-order valence-corrected chi connectivity index (χ4v) is 3.75. The van der Waals surface area contributed by atoms with Crippen LogP contribution in [0.25, 0.3) is 0 Å². The molecule has 3 rings (SSSR count). The Kier molecular flexibility index (Phi) is 7.30. The maximum Gasteiger partial charge on any atom is 0.161 e. The second kappa shape index (κ2) is 10.1. The van der Waals surface area contributed by atoms with E-state index in [9.17, 15) is 5.11 Å². The quantitative estimate of drug-likeness (QED) is 0.291. The molecule has 1 aromatic heterocycles. The highest BCUT2D eigenvalue weighted by atomic mass is 16.5. The van der Waals surface area contributed by atoms with Crippen LogP contribution in [0.1, 0.15) is 41.8 Å². The standard InChI is InChI=1S/C22H29N3O4/c1-28-21-12-16-9-11-25(15-17(16)13-22(21)29-2)10-5-3-4-6-18-7-8-20(26)19(24-18)14-23-27/h7-8,12-14,26-27H,3-6,9-11,15H2,1-2H3. The van der Waals surface area contributed by atoms with Gasteiger partial charge in [-0.1, -0.05) is 11.6 Å². The molecule has 0 radical (unpaired) electrons. The van der Waals surface area contributed by atoms with Crippen LogP contribution in [-0.2, 0) is 19.4 Å². The zero-order chi connectivity index (χ0) is 20.6. The monoisotopic (exact) mass is 399 g/mol. The first-order valence-electron chi connectivity index (χ1n) is 9.97. The molecule has 0 aliphatic carbocycles. The van der Waals surface area contributed by atoms with Gasteiger partial charge in [0.05, 0.1) is 20.4 Å². The molecule has 29 heavy (non-hydrogen) atoms. The van der Waals surface area contributed by atoms with Crippen molar-refractivity contribution in [2.45, 2.75) is 38.6 Å². The summed E-state index contributed by atoms with van der Waals surface area (Å²) in [6.45, 7) is 3.07. The Bertz CT molecular complexity index is 854. The molecule has 0 amide bonds. The van der Waals surface area contributed by atoms with E-state index in [-0.39, 0.29) is 5.75 Å². The van der Waals surface area contributed by atoms with Gasteiger partial charge in [-0.2, -0.15) is 0 Å². The predicted octanol–water partition coefficient (Wildman–Crippen LogP) is 3.38. The van der Waals surface area contributed by atoms with Gasteiger partial charge in [0.2, 0.25) is 0 Å². The summed E-state index contributed by atoms with van der Waals surface area (Å²) < 4.78 is 10.8. The molecule has 0 atom stereocenters. The smallest absolute Gasteiger partial charge is 0.161 e. The predicted molar refractivity (Wildman–Crippen MR) is 111 cm³/mol. The highest BCUT2D eigenvalue weighted by Gasteiger charge is 2.19. The van der Waals surface area contributed by atoms with E-state index in [0.717, 1.165) is 75.1 Å². The van der Waals surface area contributed by atoms with Crippen molar-refractivity contribution in [3.63, 3.8) is 0 Å². The minimum absolute atomic E-state index is 0.0196. The largest absolute Gasteiger partial charge is 0.506 e. The van der Waals surface area contributed by atoms with Crippen molar-refractivity contribution in [2.75, 3.05) is 27.3 Å². The van der Waals surface area contributed by atoms with Crippen molar-refractivity contribution in [1.82, 2.24) is 9.88 Å². The summed E-state index contributed by atoms with van der Waals surface area (Å²) in [6, 6.07) is 7.61. The lowest BCUT2D eigenvalue weighted by Gasteiger charge is -2.29. The van der Waals surface area contributed by atoms with Crippen LogP contribution in [0, 0.1) is 0 Å². The number of pyridine rings is 1. The van der Waals surface area contributed by atoms with Crippen molar-refractivity contribution in [3.8, 4) is 17.2 Å². The van der Waals surface area contributed by atoms with Crippen molar-refractivity contribution in [1.29, 1.82) is 0 Å². The minimum atomic E-state index is 0.0196. The Morgan fingerprint density at radius 3 is 2.59 bits per heavy atom. The van der Waals surface area contributed by atoms with E-state index >= 15 is 0 Å². The average molecular weight is 399 g/mol. The fourth-order valence-electron chi connectivity index (χ4n) is 3.75. The van der Waals surface area contributed by atoms with Crippen molar-refractivity contribution in [2.24, 2.45) is 5.16 Å². The second-order valence-electron chi connectivity index (χ2n) is 7.26. The zero-order valence-corrected chi connectivity index (χ0v) is 17.1. The molecule has 156 valence electrons. The molecule has 0 unspecified atom stereocenters. The van der Waals surface area contributed by atoms with E-state index in [0.29, 0.717) is 5.69 Å². The Labute approximate surface area is 171 Å². The third-order valence-electron chi connectivity index (χ3n) is 5.34. The molecule has 0 spiro atoms. The lowest BCUT2D eigenvalue weighted by atomic mass is 9.98. The average Bonchev–Trinajstić information content (AvgIpc) is 2.74. The van der Waals surface area contributed by atoms with Crippen LogP contribution in [0.4, 0.5) is 0 Å². The van der Waals surface area contributed by atoms with Gasteiger partial charge in [0.1, 0.15) is 11.4 Å². The number of aryl methyl sites for hydroxylation is 1. The number of methoxy groups -OCH3 is 2. The van der Waals surface area contributed by atoms with Crippen LogP contribution in [0.5, 0.6) is 17.2 Å². The van der Waals surface area contributed by atoms with Crippen molar-refractivity contribution in [3.05, 3.63) is 46.8 Å². The molecule has 7 heteroatoms. The molecule has 1 aliphatic rings. The number of ether oxygens (including phenoxy) is 2. The molecule has 0 fully saturated rings. The number of aromatic hydroxyl groups is 1. The summed E-state index contributed by atoms with van der Waals surface area (Å²) in [5, 5.41) is 21.2. The molecule has 2 aromatic rings. The molecule has 2 heterocycles. The Morgan fingerprint density at radius 1 is 1.10 bits per heavy atom. The number of benzene rings is 1. The number of fused-ring (bicyclic) bond motifs is 1. The first kappa shape index (κ1) is 20.9. The Hall–Kier alpha value is -2.80. The van der Waals surface area contributed by atoms with Gasteiger partial charge in [-0.05, 0) is 67.6 Å². The van der Waals surface area contributed by atoms with Gasteiger partial charge < -0.3 is 19.8 Å². The summed E-state index contributed by atoms with van der Waals surface area (Å²) in [5.41, 5.74) is 3.86. The third-order valence-corrected chi connectivity index (χ3v) is 5.34. The lowest BCUT2D eigenvalue weighted by Crippen LogP contribution is -2.31. The third kappa shape index (κ3) is 5.38. The van der Waals surface area contributed by atoms with Crippen LogP contribution in [0.2, 0.25) is 0 Å². The number of rotatable bonds is 9. The number of nitrogens with zero attached hydrogens (tertiary/aromatic N) is 3. The van der Waals surface area contributed by atoms with Gasteiger partial charge >= 0.3 is 0 Å². The van der Waals surface area contributed by atoms with E-state index in [2.05, 4.69) is 27.2 Å². The van der Waals surface area contributed by atoms with E-state index in [4.69, 9.17) is 14.7 Å². The first-order valence-corrected chi connectivity index (χ1v) is 9.97. The normalized spacial score (nSPS) is 14.1. The Balaban J connectivity index is 1.45. The number of hydrogen-bond acceptors (Lipinski definition) is 7.